The fourth-order valence-electron chi connectivity index (χ4n) is 1.67. The van der Waals surface area contributed by atoms with Crippen LogP contribution in [0.15, 0.2) is 30.6 Å². The van der Waals surface area contributed by atoms with Crippen LogP contribution in [0.5, 0.6) is 11.6 Å². The minimum absolute atomic E-state index is 0.294. The van der Waals surface area contributed by atoms with Crippen molar-refractivity contribution in [2.45, 2.75) is 6.92 Å². The van der Waals surface area contributed by atoms with Gasteiger partial charge in [-0.3, -0.25) is 0 Å². The van der Waals surface area contributed by atoms with E-state index < -0.39 is 0 Å². The Hall–Kier alpha value is -1.85. The minimum atomic E-state index is 0.294. The predicted octanol–water partition coefficient (Wildman–Crippen LogP) is 3.53. The van der Waals surface area contributed by atoms with Crippen LogP contribution < -0.4 is 4.74 Å². The highest BCUT2D eigenvalue weighted by Gasteiger charge is 2.10. The van der Waals surface area contributed by atoms with Crippen LogP contribution in [0.25, 0.3) is 5.78 Å². The molecule has 0 spiro atoms. The number of halogens is 2. The first kappa shape index (κ1) is 12.2. The maximum atomic E-state index is 5.92. The maximum Gasteiger partial charge on any atom is 0.256 e. The van der Waals surface area contributed by atoms with Gasteiger partial charge in [0.25, 0.3) is 5.78 Å². The normalized spacial score (nSPS) is 10.9. The van der Waals surface area contributed by atoms with E-state index in [1.807, 2.05) is 13.0 Å². The molecular formula is C12H8Cl2N4O. The third kappa shape index (κ3) is 2.34. The van der Waals surface area contributed by atoms with Gasteiger partial charge in [0.05, 0.1) is 0 Å². The van der Waals surface area contributed by atoms with E-state index >= 15 is 0 Å². The average molecular weight is 295 g/mol. The van der Waals surface area contributed by atoms with Crippen molar-refractivity contribution in [2.75, 3.05) is 0 Å². The summed E-state index contributed by atoms with van der Waals surface area (Å²) in [5.41, 5.74) is 0.911. The molecule has 2 aromatic heterocycles. The Morgan fingerprint density at radius 3 is 2.84 bits per heavy atom. The van der Waals surface area contributed by atoms with Crippen LogP contribution in [-0.4, -0.2) is 19.6 Å². The van der Waals surface area contributed by atoms with Crippen LogP contribution in [0.3, 0.4) is 0 Å². The number of benzene rings is 1. The Labute approximate surface area is 118 Å². The summed E-state index contributed by atoms with van der Waals surface area (Å²) in [7, 11) is 0. The number of hydrogen-bond donors (Lipinski definition) is 0. The van der Waals surface area contributed by atoms with Gasteiger partial charge in [-0.2, -0.15) is 19.6 Å². The van der Waals surface area contributed by atoms with Gasteiger partial charge in [-0.25, -0.2) is 0 Å². The van der Waals surface area contributed by atoms with E-state index in [2.05, 4.69) is 15.1 Å². The summed E-state index contributed by atoms with van der Waals surface area (Å²) in [6, 6.07) is 6.94. The molecule has 19 heavy (non-hydrogen) atoms. The van der Waals surface area contributed by atoms with Crippen LogP contribution in [0, 0.1) is 6.92 Å². The summed E-state index contributed by atoms with van der Waals surface area (Å²) in [5.74, 6) is 1.50. The van der Waals surface area contributed by atoms with E-state index in [1.54, 1.807) is 18.2 Å². The zero-order chi connectivity index (χ0) is 13.4. The molecule has 3 aromatic rings. The molecule has 0 bridgehead atoms. The fourth-order valence-corrected chi connectivity index (χ4v) is 2.07. The molecule has 0 amide bonds. The van der Waals surface area contributed by atoms with E-state index in [4.69, 9.17) is 27.9 Å². The van der Waals surface area contributed by atoms with Crippen molar-refractivity contribution in [3.8, 4) is 11.6 Å². The molecule has 0 fully saturated rings. The third-order valence-electron chi connectivity index (χ3n) is 2.54. The molecule has 7 heteroatoms. The highest BCUT2D eigenvalue weighted by atomic mass is 35.5. The summed E-state index contributed by atoms with van der Waals surface area (Å²) in [4.78, 5) is 8.00. The van der Waals surface area contributed by atoms with E-state index in [0.29, 0.717) is 27.6 Å². The molecule has 96 valence electrons. The second-order valence-electron chi connectivity index (χ2n) is 3.90. The number of rotatable bonds is 2. The van der Waals surface area contributed by atoms with E-state index in [-0.39, 0.29) is 0 Å². The second kappa shape index (κ2) is 4.68. The molecule has 0 radical (unpaired) electrons. The largest absolute Gasteiger partial charge is 0.438 e. The number of aromatic nitrogens is 4. The van der Waals surface area contributed by atoms with Crippen molar-refractivity contribution in [2.24, 2.45) is 0 Å². The van der Waals surface area contributed by atoms with Crippen molar-refractivity contribution in [1.29, 1.82) is 0 Å². The Morgan fingerprint density at radius 1 is 1.21 bits per heavy atom. The maximum absolute atomic E-state index is 5.92. The van der Waals surface area contributed by atoms with Gasteiger partial charge in [-0.1, -0.05) is 23.2 Å². The molecular weight excluding hydrogens is 287 g/mol. The zero-order valence-corrected chi connectivity index (χ0v) is 11.4. The summed E-state index contributed by atoms with van der Waals surface area (Å²) in [5, 5.41) is 4.99. The number of aryl methyl sites for hydroxylation is 1. The van der Waals surface area contributed by atoms with Crippen LogP contribution in [0.4, 0.5) is 0 Å². The number of ether oxygens (including phenoxy) is 1. The van der Waals surface area contributed by atoms with Gasteiger partial charge in [-0.15, -0.1) is 0 Å². The summed E-state index contributed by atoms with van der Waals surface area (Å²) < 4.78 is 7.27. The number of hydrogen-bond acceptors (Lipinski definition) is 4. The molecule has 0 saturated heterocycles. The summed E-state index contributed by atoms with van der Waals surface area (Å²) in [6.07, 6.45) is 1.39. The summed E-state index contributed by atoms with van der Waals surface area (Å²) in [6.45, 7) is 1.91. The number of fused-ring (bicyclic) bond motifs is 1. The topological polar surface area (TPSA) is 52.3 Å². The average Bonchev–Trinajstić information content (AvgIpc) is 2.80. The van der Waals surface area contributed by atoms with Crippen LogP contribution in [0.1, 0.15) is 5.56 Å². The van der Waals surface area contributed by atoms with E-state index in [9.17, 15) is 0 Å². The Balaban J connectivity index is 2.07. The lowest BCUT2D eigenvalue weighted by Crippen LogP contribution is -1.98. The molecule has 0 N–H and O–H groups in total. The van der Waals surface area contributed by atoms with Gasteiger partial charge >= 0.3 is 0 Å². The lowest BCUT2D eigenvalue weighted by molar-refractivity contribution is 0.443. The van der Waals surface area contributed by atoms with E-state index in [0.717, 1.165) is 5.56 Å². The predicted molar refractivity (Wildman–Crippen MR) is 72.1 cm³/mol. The molecule has 0 aliphatic heterocycles. The minimum Gasteiger partial charge on any atom is -0.438 e. The molecule has 3 rings (SSSR count). The van der Waals surface area contributed by atoms with Crippen molar-refractivity contribution in [3.05, 3.63) is 46.3 Å². The first-order valence-corrected chi connectivity index (χ1v) is 6.19. The molecule has 0 aliphatic rings. The second-order valence-corrected chi connectivity index (χ2v) is 4.72. The van der Waals surface area contributed by atoms with Crippen LogP contribution >= 0.6 is 23.2 Å². The van der Waals surface area contributed by atoms with Gasteiger partial charge in [0, 0.05) is 11.1 Å². The van der Waals surface area contributed by atoms with Gasteiger partial charge in [0.15, 0.2) is 0 Å². The van der Waals surface area contributed by atoms with Crippen molar-refractivity contribution < 1.29 is 4.74 Å². The Bertz CT molecular complexity index is 757. The SMILES string of the molecule is Cc1cc(Cl)ccc1Oc1cc(Cl)nc2ncnn12. The Kier molecular flexibility index (Phi) is 3.00. The van der Waals surface area contributed by atoms with Gasteiger partial charge in [0.2, 0.25) is 5.88 Å². The zero-order valence-electron chi connectivity index (χ0n) is 9.84. The van der Waals surface area contributed by atoms with Gasteiger partial charge in [0.1, 0.15) is 17.2 Å². The monoisotopic (exact) mass is 294 g/mol. The first-order chi connectivity index (χ1) is 9.13. The highest BCUT2D eigenvalue weighted by Crippen LogP contribution is 2.28. The quantitative estimate of drug-likeness (QED) is 0.679. The molecule has 5 nitrogen and oxygen atoms in total. The van der Waals surface area contributed by atoms with Crippen molar-refractivity contribution in [3.63, 3.8) is 0 Å². The lowest BCUT2D eigenvalue weighted by atomic mass is 10.2. The summed E-state index contributed by atoms with van der Waals surface area (Å²) >= 11 is 11.8. The molecule has 2 heterocycles. The molecule has 0 unspecified atom stereocenters. The standard InChI is InChI=1S/C12H8Cl2N4O/c1-7-4-8(13)2-3-9(7)19-11-5-10(14)17-12-15-6-16-18(11)12/h2-6H,1H3. The lowest BCUT2D eigenvalue weighted by Gasteiger charge is -2.09. The fraction of sp³-hybridized carbons (Fsp3) is 0.0833. The van der Waals surface area contributed by atoms with Crippen molar-refractivity contribution in [1.82, 2.24) is 19.6 Å². The molecule has 0 saturated carbocycles. The first-order valence-electron chi connectivity index (χ1n) is 5.44. The Morgan fingerprint density at radius 2 is 2.05 bits per heavy atom. The highest BCUT2D eigenvalue weighted by molar-refractivity contribution is 6.30. The van der Waals surface area contributed by atoms with Crippen LogP contribution in [0.2, 0.25) is 10.2 Å². The smallest absolute Gasteiger partial charge is 0.256 e. The number of nitrogens with zero attached hydrogens (tertiary/aromatic N) is 4. The molecule has 0 aliphatic carbocycles. The van der Waals surface area contributed by atoms with Gasteiger partial charge in [-0.05, 0) is 30.7 Å². The molecule has 1 aromatic carbocycles. The molecule has 0 atom stereocenters. The van der Waals surface area contributed by atoms with E-state index in [1.165, 1.54) is 10.8 Å². The van der Waals surface area contributed by atoms with Crippen LogP contribution in [-0.2, 0) is 0 Å². The van der Waals surface area contributed by atoms with Crippen molar-refractivity contribution >= 4 is 29.0 Å². The third-order valence-corrected chi connectivity index (χ3v) is 2.97. The van der Waals surface area contributed by atoms with Gasteiger partial charge < -0.3 is 4.74 Å².